The molecule has 0 spiro atoms. The first-order chi connectivity index (χ1) is 7.53. The van der Waals surface area contributed by atoms with E-state index in [-0.39, 0.29) is 5.75 Å². The molecule has 0 fully saturated rings. The first kappa shape index (κ1) is 13.4. The molecular weight excluding hydrogens is 242 g/mol. The van der Waals surface area contributed by atoms with Crippen LogP contribution < -0.4 is 5.32 Å². The molecule has 0 aliphatic carbocycles. The van der Waals surface area contributed by atoms with E-state index >= 15 is 0 Å². The second-order valence-corrected chi connectivity index (χ2v) is 6.72. The molecule has 90 valence electrons. The zero-order chi connectivity index (χ0) is 12.0. The molecule has 0 saturated heterocycles. The van der Waals surface area contributed by atoms with Crippen molar-refractivity contribution >= 4 is 27.3 Å². The number of rotatable bonds is 6. The minimum Gasteiger partial charge on any atom is -0.384 e. The van der Waals surface area contributed by atoms with Gasteiger partial charge in [-0.05, 0) is 24.8 Å². The molecule has 16 heavy (non-hydrogen) atoms. The lowest BCUT2D eigenvalue weighted by Gasteiger charge is -2.09. The van der Waals surface area contributed by atoms with E-state index in [9.17, 15) is 8.42 Å². The Morgan fingerprint density at radius 1 is 1.31 bits per heavy atom. The predicted octanol–water partition coefficient (Wildman–Crippen LogP) is 2.26. The van der Waals surface area contributed by atoms with Crippen molar-refractivity contribution in [2.45, 2.75) is 11.3 Å². The van der Waals surface area contributed by atoms with Gasteiger partial charge in [0.15, 0.2) is 0 Å². The molecule has 0 radical (unpaired) electrons. The topological polar surface area (TPSA) is 46.2 Å². The molecule has 0 bridgehead atoms. The molecule has 1 N–H and O–H groups in total. The van der Waals surface area contributed by atoms with E-state index in [0.29, 0.717) is 13.0 Å². The highest BCUT2D eigenvalue weighted by atomic mass is 32.2. The van der Waals surface area contributed by atoms with Gasteiger partial charge in [0.05, 0.1) is 5.75 Å². The summed E-state index contributed by atoms with van der Waals surface area (Å²) in [6.07, 6.45) is 3.93. The Hall–Kier alpha value is -0.680. The summed E-state index contributed by atoms with van der Waals surface area (Å²) in [5.41, 5.74) is 1.07. The van der Waals surface area contributed by atoms with Crippen LogP contribution in [-0.4, -0.2) is 33.2 Å². The summed E-state index contributed by atoms with van der Waals surface area (Å²) in [4.78, 5) is 1.18. The van der Waals surface area contributed by atoms with Crippen molar-refractivity contribution in [2.75, 3.05) is 30.1 Å². The molecule has 0 amide bonds. The van der Waals surface area contributed by atoms with Gasteiger partial charge in [-0.15, -0.1) is 11.8 Å². The Morgan fingerprint density at radius 2 is 2.00 bits per heavy atom. The van der Waals surface area contributed by atoms with Gasteiger partial charge in [-0.3, -0.25) is 0 Å². The van der Waals surface area contributed by atoms with Crippen LogP contribution in [0.1, 0.15) is 6.42 Å². The molecule has 0 unspecified atom stereocenters. The molecule has 0 aliphatic rings. The third kappa shape index (κ3) is 4.90. The van der Waals surface area contributed by atoms with Crippen molar-refractivity contribution in [2.24, 2.45) is 0 Å². The fourth-order valence-electron chi connectivity index (χ4n) is 1.35. The summed E-state index contributed by atoms with van der Waals surface area (Å²) < 4.78 is 21.9. The SMILES string of the molecule is CSc1ccccc1NCCCS(C)(=O)=O. The largest absolute Gasteiger partial charge is 0.384 e. The van der Waals surface area contributed by atoms with Gasteiger partial charge < -0.3 is 5.32 Å². The van der Waals surface area contributed by atoms with E-state index in [4.69, 9.17) is 0 Å². The Bertz CT molecular complexity index is 429. The van der Waals surface area contributed by atoms with E-state index in [1.54, 1.807) is 11.8 Å². The van der Waals surface area contributed by atoms with E-state index in [1.165, 1.54) is 11.2 Å². The molecule has 3 nitrogen and oxygen atoms in total. The van der Waals surface area contributed by atoms with Gasteiger partial charge in [0, 0.05) is 23.4 Å². The highest BCUT2D eigenvalue weighted by molar-refractivity contribution is 7.98. The van der Waals surface area contributed by atoms with Gasteiger partial charge in [-0.1, -0.05) is 12.1 Å². The number of nitrogens with one attached hydrogen (secondary N) is 1. The molecule has 1 aromatic carbocycles. The summed E-state index contributed by atoms with van der Waals surface area (Å²) in [5, 5.41) is 3.25. The van der Waals surface area contributed by atoms with Gasteiger partial charge in [0.25, 0.3) is 0 Å². The van der Waals surface area contributed by atoms with Gasteiger partial charge in [-0.25, -0.2) is 8.42 Å². The third-order valence-electron chi connectivity index (χ3n) is 2.11. The van der Waals surface area contributed by atoms with Crippen LogP contribution in [0.15, 0.2) is 29.2 Å². The van der Waals surface area contributed by atoms with Crippen LogP contribution in [0, 0.1) is 0 Å². The molecule has 0 atom stereocenters. The van der Waals surface area contributed by atoms with Gasteiger partial charge in [0.1, 0.15) is 9.84 Å². The Balaban J connectivity index is 2.43. The first-order valence-corrected chi connectivity index (χ1v) is 8.36. The van der Waals surface area contributed by atoms with Gasteiger partial charge >= 0.3 is 0 Å². The summed E-state index contributed by atoms with van der Waals surface area (Å²) in [5.74, 6) is 0.238. The standard InChI is InChI=1S/C11H17NO2S2/c1-15-11-7-4-3-6-10(11)12-8-5-9-16(2,13)14/h3-4,6-7,12H,5,8-9H2,1-2H3. The van der Waals surface area contributed by atoms with E-state index in [0.717, 1.165) is 5.69 Å². The van der Waals surface area contributed by atoms with Crippen molar-refractivity contribution in [3.63, 3.8) is 0 Å². The molecule has 0 aliphatic heterocycles. The maximum Gasteiger partial charge on any atom is 0.147 e. The fraction of sp³-hybridized carbons (Fsp3) is 0.455. The smallest absolute Gasteiger partial charge is 0.147 e. The van der Waals surface area contributed by atoms with Gasteiger partial charge in [0.2, 0.25) is 0 Å². The van der Waals surface area contributed by atoms with Crippen LogP contribution in [0.4, 0.5) is 5.69 Å². The molecule has 1 rings (SSSR count). The Labute approximate surface area is 102 Å². The van der Waals surface area contributed by atoms with Crippen molar-refractivity contribution < 1.29 is 8.42 Å². The molecule has 0 aromatic heterocycles. The van der Waals surface area contributed by atoms with Crippen molar-refractivity contribution in [3.8, 4) is 0 Å². The molecule has 0 heterocycles. The highest BCUT2D eigenvalue weighted by Gasteiger charge is 2.02. The minimum absolute atomic E-state index is 0.238. The average molecular weight is 259 g/mol. The number of hydrogen-bond donors (Lipinski definition) is 1. The quantitative estimate of drug-likeness (QED) is 0.629. The third-order valence-corrected chi connectivity index (χ3v) is 3.94. The van der Waals surface area contributed by atoms with Crippen molar-refractivity contribution in [1.29, 1.82) is 0 Å². The number of benzene rings is 1. The second kappa shape index (κ2) is 6.15. The maximum absolute atomic E-state index is 10.9. The van der Waals surface area contributed by atoms with E-state index in [2.05, 4.69) is 5.32 Å². The number of hydrogen-bond acceptors (Lipinski definition) is 4. The van der Waals surface area contributed by atoms with Crippen LogP contribution in [0.3, 0.4) is 0 Å². The second-order valence-electron chi connectivity index (χ2n) is 3.61. The number of thioether (sulfide) groups is 1. The maximum atomic E-state index is 10.9. The van der Waals surface area contributed by atoms with E-state index < -0.39 is 9.84 Å². The van der Waals surface area contributed by atoms with Crippen LogP contribution in [0.5, 0.6) is 0 Å². The van der Waals surface area contributed by atoms with Crippen molar-refractivity contribution in [1.82, 2.24) is 0 Å². The lowest BCUT2D eigenvalue weighted by atomic mass is 10.3. The molecular formula is C11H17NO2S2. The average Bonchev–Trinajstić information content (AvgIpc) is 2.23. The molecule has 1 aromatic rings. The van der Waals surface area contributed by atoms with Crippen LogP contribution in [-0.2, 0) is 9.84 Å². The zero-order valence-corrected chi connectivity index (χ0v) is 11.2. The predicted molar refractivity (Wildman–Crippen MR) is 71.0 cm³/mol. The highest BCUT2D eigenvalue weighted by Crippen LogP contribution is 2.24. The summed E-state index contributed by atoms with van der Waals surface area (Å²) in [6.45, 7) is 0.685. The molecule has 0 saturated carbocycles. The number of para-hydroxylation sites is 1. The zero-order valence-electron chi connectivity index (χ0n) is 9.56. The monoisotopic (exact) mass is 259 g/mol. The van der Waals surface area contributed by atoms with E-state index in [1.807, 2.05) is 30.5 Å². The summed E-state index contributed by atoms with van der Waals surface area (Å²) >= 11 is 1.68. The van der Waals surface area contributed by atoms with Gasteiger partial charge in [-0.2, -0.15) is 0 Å². The first-order valence-electron chi connectivity index (χ1n) is 5.07. The Kier molecular flexibility index (Phi) is 5.15. The van der Waals surface area contributed by atoms with Crippen molar-refractivity contribution in [3.05, 3.63) is 24.3 Å². The fourth-order valence-corrected chi connectivity index (χ4v) is 2.59. The van der Waals surface area contributed by atoms with Crippen LogP contribution in [0.2, 0.25) is 0 Å². The normalized spacial score (nSPS) is 11.4. The number of sulfone groups is 1. The number of anilines is 1. The summed E-state index contributed by atoms with van der Waals surface area (Å²) in [7, 11) is -2.84. The lowest BCUT2D eigenvalue weighted by Crippen LogP contribution is -2.10. The molecule has 5 heteroatoms. The minimum atomic E-state index is -2.84. The lowest BCUT2D eigenvalue weighted by molar-refractivity contribution is 0.600. The van der Waals surface area contributed by atoms with Crippen LogP contribution in [0.25, 0.3) is 0 Å². The Morgan fingerprint density at radius 3 is 2.62 bits per heavy atom. The van der Waals surface area contributed by atoms with Crippen LogP contribution >= 0.6 is 11.8 Å². The summed E-state index contributed by atoms with van der Waals surface area (Å²) in [6, 6.07) is 8.02.